The monoisotopic (exact) mass is 279 g/mol. The second-order valence-corrected chi connectivity index (χ2v) is 4.35. The van der Waals surface area contributed by atoms with E-state index in [0.717, 1.165) is 5.75 Å². The molecule has 1 rings (SSSR count). The van der Waals surface area contributed by atoms with Gasteiger partial charge in [-0.15, -0.1) is 0 Å². The fraction of sp³-hybridized carbons (Fsp3) is 0.467. The van der Waals surface area contributed by atoms with Crippen molar-refractivity contribution in [3.8, 4) is 5.75 Å². The van der Waals surface area contributed by atoms with Crippen LogP contribution in [0.1, 0.15) is 29.6 Å². The Morgan fingerprint density at radius 2 is 1.80 bits per heavy atom. The molecule has 0 unspecified atom stereocenters. The second-order valence-electron chi connectivity index (χ2n) is 4.35. The van der Waals surface area contributed by atoms with Crippen LogP contribution in [0.4, 0.5) is 0 Å². The van der Waals surface area contributed by atoms with Gasteiger partial charge in [-0.25, -0.2) is 0 Å². The van der Waals surface area contributed by atoms with Gasteiger partial charge in [0.2, 0.25) is 5.91 Å². The minimum absolute atomic E-state index is 0.0392. The molecule has 110 valence electrons. The number of methoxy groups -OCH3 is 2. The first-order valence-electron chi connectivity index (χ1n) is 6.60. The fourth-order valence-electron chi connectivity index (χ4n) is 1.71. The van der Waals surface area contributed by atoms with Gasteiger partial charge in [0.05, 0.1) is 13.7 Å². The molecular weight excluding hydrogens is 258 g/mol. The number of nitrogens with one attached hydrogen (secondary N) is 1. The Balaban J connectivity index is 2.27. The minimum atomic E-state index is -0.0513. The molecular formula is C15H21NO4. The number of carbonyl (C=O) groups excluding carboxylic acids is 2. The molecule has 0 spiro atoms. The third kappa shape index (κ3) is 5.84. The first-order valence-corrected chi connectivity index (χ1v) is 6.60. The zero-order valence-corrected chi connectivity index (χ0v) is 12.0. The van der Waals surface area contributed by atoms with Crippen molar-refractivity contribution in [2.75, 3.05) is 27.4 Å². The van der Waals surface area contributed by atoms with E-state index in [1.165, 1.54) is 0 Å². The maximum absolute atomic E-state index is 11.9. The molecule has 0 aliphatic heterocycles. The van der Waals surface area contributed by atoms with Crippen molar-refractivity contribution in [2.24, 2.45) is 0 Å². The lowest BCUT2D eigenvalue weighted by Crippen LogP contribution is -2.26. The van der Waals surface area contributed by atoms with Gasteiger partial charge in [0.15, 0.2) is 5.78 Å². The SMILES string of the molecule is COCCNC(=O)CCCC(=O)c1ccc(OC)cc1. The summed E-state index contributed by atoms with van der Waals surface area (Å²) < 4.78 is 9.87. The standard InChI is InChI=1S/C15H21NO4/c1-19-11-10-16-15(18)5-3-4-14(17)12-6-8-13(20-2)9-7-12/h6-9H,3-5,10-11H2,1-2H3,(H,16,18). The Kier molecular flexibility index (Phi) is 7.35. The van der Waals surface area contributed by atoms with Crippen molar-refractivity contribution in [1.29, 1.82) is 0 Å². The maximum Gasteiger partial charge on any atom is 0.220 e. The number of ketones is 1. The second kappa shape index (κ2) is 9.09. The molecule has 0 bridgehead atoms. The zero-order valence-electron chi connectivity index (χ0n) is 12.0. The topological polar surface area (TPSA) is 64.6 Å². The molecule has 0 saturated carbocycles. The molecule has 0 fully saturated rings. The number of Topliss-reactive ketones (excluding diaryl/α,β-unsaturated/α-hetero) is 1. The van der Waals surface area contributed by atoms with Gasteiger partial charge in [-0.3, -0.25) is 9.59 Å². The van der Waals surface area contributed by atoms with Crippen LogP contribution in [0.15, 0.2) is 24.3 Å². The number of amides is 1. The summed E-state index contributed by atoms with van der Waals surface area (Å²) >= 11 is 0. The summed E-state index contributed by atoms with van der Waals surface area (Å²) in [5.74, 6) is 0.709. The average molecular weight is 279 g/mol. The molecule has 1 N–H and O–H groups in total. The highest BCUT2D eigenvalue weighted by molar-refractivity contribution is 5.96. The van der Waals surface area contributed by atoms with E-state index in [9.17, 15) is 9.59 Å². The highest BCUT2D eigenvalue weighted by Crippen LogP contribution is 2.13. The van der Waals surface area contributed by atoms with Crippen LogP contribution in [-0.4, -0.2) is 39.1 Å². The van der Waals surface area contributed by atoms with Gasteiger partial charge in [-0.2, -0.15) is 0 Å². The Labute approximate surface area is 119 Å². The molecule has 1 aromatic rings. The Bertz CT molecular complexity index is 428. The first-order chi connectivity index (χ1) is 9.67. The number of benzene rings is 1. The summed E-state index contributed by atoms with van der Waals surface area (Å²) in [6, 6.07) is 6.98. The zero-order chi connectivity index (χ0) is 14.8. The van der Waals surface area contributed by atoms with Gasteiger partial charge in [-0.1, -0.05) is 0 Å². The molecule has 1 amide bonds. The molecule has 0 aromatic heterocycles. The van der Waals surface area contributed by atoms with E-state index in [4.69, 9.17) is 9.47 Å². The van der Waals surface area contributed by atoms with Crippen molar-refractivity contribution in [1.82, 2.24) is 5.32 Å². The summed E-state index contributed by atoms with van der Waals surface area (Å²) in [5.41, 5.74) is 0.644. The molecule has 1 aromatic carbocycles. The minimum Gasteiger partial charge on any atom is -0.497 e. The lowest BCUT2D eigenvalue weighted by molar-refractivity contribution is -0.121. The van der Waals surface area contributed by atoms with E-state index in [0.29, 0.717) is 38.0 Å². The summed E-state index contributed by atoms with van der Waals surface area (Å²) in [4.78, 5) is 23.3. The summed E-state index contributed by atoms with van der Waals surface area (Å²) in [5, 5.41) is 2.72. The Morgan fingerprint density at radius 3 is 2.40 bits per heavy atom. The molecule has 0 radical (unpaired) electrons. The van der Waals surface area contributed by atoms with Crippen molar-refractivity contribution in [3.05, 3.63) is 29.8 Å². The molecule has 0 atom stereocenters. The van der Waals surface area contributed by atoms with E-state index >= 15 is 0 Å². The number of hydrogen-bond acceptors (Lipinski definition) is 4. The van der Waals surface area contributed by atoms with E-state index in [-0.39, 0.29) is 11.7 Å². The van der Waals surface area contributed by atoms with Crippen molar-refractivity contribution in [3.63, 3.8) is 0 Å². The maximum atomic E-state index is 11.9. The molecule has 0 saturated heterocycles. The van der Waals surface area contributed by atoms with E-state index in [1.807, 2.05) is 0 Å². The van der Waals surface area contributed by atoms with Crippen LogP contribution in [-0.2, 0) is 9.53 Å². The van der Waals surface area contributed by atoms with Crippen molar-refractivity contribution >= 4 is 11.7 Å². The highest BCUT2D eigenvalue weighted by Gasteiger charge is 2.07. The predicted octanol–water partition coefficient (Wildman–Crippen LogP) is 1.81. The van der Waals surface area contributed by atoms with Crippen molar-refractivity contribution < 1.29 is 19.1 Å². The first kappa shape index (κ1) is 16.2. The van der Waals surface area contributed by atoms with Gasteiger partial charge in [0.1, 0.15) is 5.75 Å². The Hall–Kier alpha value is -1.88. The Morgan fingerprint density at radius 1 is 1.10 bits per heavy atom. The lowest BCUT2D eigenvalue weighted by Gasteiger charge is -2.05. The normalized spacial score (nSPS) is 10.1. The fourth-order valence-corrected chi connectivity index (χ4v) is 1.71. The van der Waals surface area contributed by atoms with Crippen LogP contribution >= 0.6 is 0 Å². The largest absolute Gasteiger partial charge is 0.497 e. The quantitative estimate of drug-likeness (QED) is 0.553. The molecule has 5 heteroatoms. The van der Waals surface area contributed by atoms with Crippen LogP contribution in [0, 0.1) is 0 Å². The van der Waals surface area contributed by atoms with Gasteiger partial charge in [0.25, 0.3) is 0 Å². The lowest BCUT2D eigenvalue weighted by atomic mass is 10.1. The summed E-state index contributed by atoms with van der Waals surface area (Å²) in [7, 11) is 3.17. The van der Waals surface area contributed by atoms with Crippen LogP contribution in [0.5, 0.6) is 5.75 Å². The highest BCUT2D eigenvalue weighted by atomic mass is 16.5. The third-order valence-corrected chi connectivity index (χ3v) is 2.85. The average Bonchev–Trinajstić information content (AvgIpc) is 2.47. The van der Waals surface area contributed by atoms with E-state index < -0.39 is 0 Å². The van der Waals surface area contributed by atoms with Gasteiger partial charge >= 0.3 is 0 Å². The third-order valence-electron chi connectivity index (χ3n) is 2.85. The van der Waals surface area contributed by atoms with Gasteiger partial charge in [-0.05, 0) is 30.7 Å². The number of rotatable bonds is 9. The summed E-state index contributed by atoms with van der Waals surface area (Å²) in [6.45, 7) is 0.998. The van der Waals surface area contributed by atoms with Crippen LogP contribution in [0.2, 0.25) is 0 Å². The van der Waals surface area contributed by atoms with Crippen molar-refractivity contribution in [2.45, 2.75) is 19.3 Å². The molecule has 20 heavy (non-hydrogen) atoms. The predicted molar refractivity (Wildman–Crippen MR) is 76.1 cm³/mol. The molecule has 0 aliphatic rings. The molecule has 0 heterocycles. The van der Waals surface area contributed by atoms with Crippen LogP contribution < -0.4 is 10.1 Å². The number of hydrogen-bond donors (Lipinski definition) is 1. The van der Waals surface area contributed by atoms with Gasteiger partial charge in [0, 0.05) is 32.1 Å². The number of ether oxygens (including phenoxy) is 2. The van der Waals surface area contributed by atoms with E-state index in [1.54, 1.807) is 38.5 Å². The smallest absolute Gasteiger partial charge is 0.220 e. The van der Waals surface area contributed by atoms with E-state index in [2.05, 4.69) is 5.32 Å². The van der Waals surface area contributed by atoms with Crippen LogP contribution in [0.3, 0.4) is 0 Å². The van der Waals surface area contributed by atoms with Gasteiger partial charge < -0.3 is 14.8 Å². The van der Waals surface area contributed by atoms with Crippen LogP contribution in [0.25, 0.3) is 0 Å². The molecule has 5 nitrogen and oxygen atoms in total. The summed E-state index contributed by atoms with van der Waals surface area (Å²) in [6.07, 6.45) is 1.26. The number of carbonyl (C=O) groups is 2. The molecule has 0 aliphatic carbocycles.